The highest BCUT2D eigenvalue weighted by atomic mass is 28.5. The molecule has 0 saturated carbocycles. The molecule has 15 heteroatoms. The summed E-state index contributed by atoms with van der Waals surface area (Å²) in [5.41, 5.74) is -8.84. The van der Waals surface area contributed by atoms with Crippen LogP contribution in [0.1, 0.15) is 44.5 Å². The summed E-state index contributed by atoms with van der Waals surface area (Å²) in [6.07, 6.45) is 0. The number of hydrogen-bond donors (Lipinski definition) is 2. The fraction of sp³-hybridized carbons (Fsp3) is 0.0714. The molecule has 13 nitrogen and oxygen atoms in total. The topological polar surface area (TPSA) is 173 Å². The van der Waals surface area contributed by atoms with E-state index in [-0.39, 0.29) is 44.5 Å². The Morgan fingerprint density at radius 1 is 0.366 bits per heavy atom. The van der Waals surface area contributed by atoms with Crippen molar-refractivity contribution in [3.05, 3.63) is 287 Å². The summed E-state index contributed by atoms with van der Waals surface area (Å²) in [7, 11) is -11.8. The van der Waals surface area contributed by atoms with Crippen molar-refractivity contribution in [1.82, 2.24) is 0 Å². The summed E-state index contributed by atoms with van der Waals surface area (Å²) in [5.74, 6) is -5.41. The number of rotatable bonds is 16. The first-order valence-corrected chi connectivity index (χ1v) is 25.7. The van der Waals surface area contributed by atoms with Gasteiger partial charge in [-0.25, -0.2) is 19.2 Å². The van der Waals surface area contributed by atoms with Crippen LogP contribution in [0.5, 0.6) is 0 Å². The molecule has 0 bridgehead atoms. The highest BCUT2D eigenvalue weighted by Crippen LogP contribution is 2.53. The van der Waals surface area contributed by atoms with Crippen molar-refractivity contribution in [3.8, 4) is 0 Å². The first-order chi connectivity index (χ1) is 34.5. The van der Waals surface area contributed by atoms with Crippen LogP contribution in [0.25, 0.3) is 0 Å². The fourth-order valence-electron chi connectivity index (χ4n) is 9.18. The van der Waals surface area contributed by atoms with Crippen molar-refractivity contribution < 1.29 is 60.1 Å². The van der Waals surface area contributed by atoms with Gasteiger partial charge in [0.15, 0.2) is 0 Å². The van der Waals surface area contributed by atoms with E-state index in [0.717, 1.165) is 0 Å². The molecule has 0 aromatic heterocycles. The minimum absolute atomic E-state index is 0.0306. The molecule has 0 spiro atoms. The zero-order valence-corrected chi connectivity index (χ0v) is 39.5. The molecule has 2 aliphatic rings. The quantitative estimate of drug-likeness (QED) is 0.0880. The number of carbonyl (C=O) groups is 4. The van der Waals surface area contributed by atoms with Crippen molar-refractivity contribution in [3.63, 3.8) is 0 Å². The van der Waals surface area contributed by atoms with E-state index in [2.05, 4.69) is 0 Å². The molecule has 2 unspecified atom stereocenters. The van der Waals surface area contributed by atoms with Gasteiger partial charge in [-0.3, -0.25) is 0 Å². The third-order valence-corrected chi connectivity index (χ3v) is 17.5. The van der Waals surface area contributed by atoms with E-state index in [1.165, 1.54) is 48.5 Å². The molecule has 2 fully saturated rings. The minimum Gasteiger partial charge on any atom is -0.479 e. The van der Waals surface area contributed by atoms with Crippen LogP contribution >= 0.6 is 0 Å². The third-order valence-electron chi connectivity index (χ3n) is 12.4. The Labute approximate surface area is 410 Å². The second kappa shape index (κ2) is 18.7. The Bertz CT molecular complexity index is 2800. The predicted molar refractivity (Wildman–Crippen MR) is 259 cm³/mol. The van der Waals surface area contributed by atoms with Gasteiger partial charge in [0.2, 0.25) is 22.4 Å². The molecule has 2 aliphatic heterocycles. The average Bonchev–Trinajstić information content (AvgIpc) is 3.88. The number of carbonyl (C=O) groups excluding carboxylic acids is 2. The van der Waals surface area contributed by atoms with Gasteiger partial charge in [0.25, 0.3) is 0 Å². The van der Waals surface area contributed by atoms with Gasteiger partial charge in [-0.05, 0) is 44.5 Å². The Hall–Kier alpha value is -8.13. The van der Waals surface area contributed by atoms with Gasteiger partial charge < -0.3 is 40.9 Å². The predicted octanol–water partition coefficient (Wildman–Crippen LogP) is 9.00. The Morgan fingerprint density at radius 3 is 0.789 bits per heavy atom. The molecular weight excluding hydrogens is 937 g/mol. The van der Waals surface area contributed by atoms with E-state index in [1.807, 2.05) is 0 Å². The molecular formula is C56H42O13Si2. The van der Waals surface area contributed by atoms with E-state index in [4.69, 9.17) is 30.7 Å². The number of aliphatic carboxylic acids is 2. The number of hydrogen-bond acceptors (Lipinski definition) is 11. The summed E-state index contributed by atoms with van der Waals surface area (Å²) in [5, 5.41) is 23.5. The lowest BCUT2D eigenvalue weighted by molar-refractivity contribution is -0.166. The van der Waals surface area contributed by atoms with Crippen molar-refractivity contribution in [2.45, 2.75) is 22.4 Å². The molecule has 2 atom stereocenters. The third kappa shape index (κ3) is 7.87. The molecule has 10 rings (SSSR count). The second-order valence-electron chi connectivity index (χ2n) is 16.6. The molecule has 71 heavy (non-hydrogen) atoms. The Kier molecular flexibility index (Phi) is 12.2. The van der Waals surface area contributed by atoms with Crippen LogP contribution in [0, 0.1) is 0 Å². The van der Waals surface area contributed by atoms with Crippen LogP contribution in [0.2, 0.25) is 0 Å². The lowest BCUT2D eigenvalue weighted by Crippen LogP contribution is -2.65. The maximum absolute atomic E-state index is 15.5. The molecule has 8 aromatic rings. The van der Waals surface area contributed by atoms with Crippen LogP contribution in [0.15, 0.2) is 243 Å². The number of carboxylic acid groups (broad SMARTS) is 2. The largest absolute Gasteiger partial charge is 0.749 e. The Morgan fingerprint density at radius 2 is 0.577 bits per heavy atom. The molecule has 0 aliphatic carbocycles. The molecule has 8 aromatic carbocycles. The highest BCUT2D eigenvalue weighted by molar-refractivity contribution is 6.72. The van der Waals surface area contributed by atoms with Crippen molar-refractivity contribution in [2.75, 3.05) is 0 Å². The summed E-state index contributed by atoms with van der Waals surface area (Å²) in [4.78, 5) is 60.0. The SMILES string of the molecule is O=C(O)C(O[Si]1(O[Si]2(OC(C(=O)O)(c3ccccc3)c3ccccc3)OC(=O)C(c3ccccc3)(c3ccccc3)O2)OC(=O)C(c2ccccc2)(c2ccccc2)O1)(c1ccccc1)c1ccccc1. The minimum atomic E-state index is -5.92. The van der Waals surface area contributed by atoms with Gasteiger partial charge in [0.1, 0.15) is 0 Å². The van der Waals surface area contributed by atoms with E-state index in [9.17, 15) is 19.8 Å². The molecule has 2 N–H and O–H groups in total. The first kappa shape index (κ1) is 46.6. The Balaban J connectivity index is 1.30. The fourth-order valence-corrected chi connectivity index (χ4v) is 15.2. The highest BCUT2D eigenvalue weighted by Gasteiger charge is 2.81. The number of benzene rings is 8. The van der Waals surface area contributed by atoms with Crippen LogP contribution in [0.3, 0.4) is 0 Å². The summed E-state index contributed by atoms with van der Waals surface area (Å²) >= 11 is 0. The molecule has 2 saturated heterocycles. The zero-order chi connectivity index (χ0) is 49.2. The maximum atomic E-state index is 15.5. The molecule has 2 heterocycles. The standard InChI is InChI=1S/C56H42O13Si2/c57-49(58)53(41-25-9-1-10-26-41,42-27-11-2-12-28-42)65-70(63-51(61)55(67-70,45-33-17-5-18-34-45)46-35-19-6-20-36-46)69-71(66-54(50(59)60,43-29-13-3-14-30-43)44-31-15-4-16-32-44)64-52(62)56(68-71,47-37-21-7-22-38-47)48-39-23-8-24-40-48/h1-40H,(H,57,58)(H,59,60). The van der Waals surface area contributed by atoms with Gasteiger partial charge in [0, 0.05) is 0 Å². The lowest BCUT2D eigenvalue weighted by Gasteiger charge is -2.40. The summed E-state index contributed by atoms with van der Waals surface area (Å²) in [6, 6.07) is 64.8. The normalized spacial score (nSPS) is 19.3. The second-order valence-corrected chi connectivity index (χ2v) is 20.6. The van der Waals surface area contributed by atoms with E-state index >= 15 is 9.59 Å². The first-order valence-electron chi connectivity index (χ1n) is 22.4. The molecule has 0 radical (unpaired) electrons. The molecule has 0 amide bonds. The van der Waals surface area contributed by atoms with Gasteiger partial charge in [-0.15, -0.1) is 0 Å². The van der Waals surface area contributed by atoms with Crippen LogP contribution in [-0.4, -0.2) is 52.2 Å². The van der Waals surface area contributed by atoms with E-state index in [0.29, 0.717) is 0 Å². The van der Waals surface area contributed by atoms with Crippen LogP contribution < -0.4 is 0 Å². The zero-order valence-electron chi connectivity index (χ0n) is 37.5. The van der Waals surface area contributed by atoms with Gasteiger partial charge >= 0.3 is 42.0 Å². The van der Waals surface area contributed by atoms with Crippen molar-refractivity contribution >= 4 is 42.0 Å². The monoisotopic (exact) mass is 978 g/mol. The average molecular weight is 979 g/mol. The number of carboxylic acids is 2. The maximum Gasteiger partial charge on any atom is 0.749 e. The van der Waals surface area contributed by atoms with Gasteiger partial charge in [-0.1, -0.05) is 243 Å². The smallest absolute Gasteiger partial charge is 0.479 e. The van der Waals surface area contributed by atoms with Gasteiger partial charge in [0.05, 0.1) is 0 Å². The summed E-state index contributed by atoms with van der Waals surface area (Å²) < 4.78 is 48.6. The summed E-state index contributed by atoms with van der Waals surface area (Å²) in [6.45, 7) is 0. The lowest BCUT2D eigenvalue weighted by atomic mass is 9.86. The van der Waals surface area contributed by atoms with E-state index in [1.54, 1.807) is 194 Å². The van der Waals surface area contributed by atoms with Crippen molar-refractivity contribution in [1.29, 1.82) is 0 Å². The van der Waals surface area contributed by atoms with E-state index < -0.39 is 64.4 Å². The molecule has 352 valence electrons. The van der Waals surface area contributed by atoms with Gasteiger partial charge in [-0.2, -0.15) is 0 Å². The van der Waals surface area contributed by atoms with Crippen LogP contribution in [-0.2, 0) is 72.3 Å². The van der Waals surface area contributed by atoms with Crippen molar-refractivity contribution in [2.24, 2.45) is 0 Å². The van der Waals surface area contributed by atoms with Crippen LogP contribution in [0.4, 0.5) is 0 Å².